The Labute approximate surface area is 145 Å². The predicted molar refractivity (Wildman–Crippen MR) is 94.7 cm³/mol. The molecule has 1 aliphatic rings. The summed E-state index contributed by atoms with van der Waals surface area (Å²) < 4.78 is 16.6. The lowest BCUT2D eigenvalue weighted by Crippen LogP contribution is -2.37. The molecule has 0 amide bonds. The second-order valence-electron chi connectivity index (χ2n) is 7.39. The van der Waals surface area contributed by atoms with Gasteiger partial charge in [-0.1, -0.05) is 12.1 Å². The zero-order valence-corrected chi connectivity index (χ0v) is 15.5. The molecule has 0 bridgehead atoms. The molecule has 1 N–H and O–H groups in total. The minimum absolute atomic E-state index is 0.235. The summed E-state index contributed by atoms with van der Waals surface area (Å²) in [6.45, 7) is 7.68. The van der Waals surface area contributed by atoms with Crippen molar-refractivity contribution in [2.75, 3.05) is 27.4 Å². The quantitative estimate of drug-likeness (QED) is 0.751. The highest BCUT2D eigenvalue weighted by atomic mass is 16.5. The maximum absolute atomic E-state index is 10.3. The van der Waals surface area contributed by atoms with E-state index in [1.807, 2.05) is 32.9 Å². The minimum Gasteiger partial charge on any atom is -0.493 e. The molecular formula is C19H31NO4. The van der Waals surface area contributed by atoms with E-state index in [9.17, 15) is 5.11 Å². The molecular weight excluding hydrogens is 306 g/mol. The van der Waals surface area contributed by atoms with Gasteiger partial charge in [0, 0.05) is 24.7 Å². The third-order valence-electron chi connectivity index (χ3n) is 4.08. The Morgan fingerprint density at radius 2 is 1.92 bits per heavy atom. The van der Waals surface area contributed by atoms with Gasteiger partial charge in [-0.15, -0.1) is 0 Å². The van der Waals surface area contributed by atoms with E-state index in [1.54, 1.807) is 14.2 Å². The Morgan fingerprint density at radius 3 is 2.46 bits per heavy atom. The van der Waals surface area contributed by atoms with Gasteiger partial charge >= 0.3 is 0 Å². The second-order valence-corrected chi connectivity index (χ2v) is 7.39. The fourth-order valence-corrected chi connectivity index (χ4v) is 2.75. The van der Waals surface area contributed by atoms with E-state index in [0.717, 1.165) is 23.6 Å². The van der Waals surface area contributed by atoms with Crippen molar-refractivity contribution in [2.24, 2.45) is 0 Å². The van der Waals surface area contributed by atoms with Crippen LogP contribution < -0.4 is 9.47 Å². The van der Waals surface area contributed by atoms with Crippen molar-refractivity contribution >= 4 is 0 Å². The number of benzene rings is 1. The summed E-state index contributed by atoms with van der Waals surface area (Å²) >= 11 is 0. The van der Waals surface area contributed by atoms with E-state index in [-0.39, 0.29) is 5.60 Å². The Bertz CT molecular complexity index is 523. The first-order chi connectivity index (χ1) is 11.3. The van der Waals surface area contributed by atoms with Crippen molar-refractivity contribution in [2.45, 2.75) is 57.9 Å². The van der Waals surface area contributed by atoms with Crippen LogP contribution in [-0.4, -0.2) is 55.1 Å². The van der Waals surface area contributed by atoms with Crippen LogP contribution in [0.1, 0.15) is 39.2 Å². The Morgan fingerprint density at radius 1 is 1.21 bits per heavy atom. The van der Waals surface area contributed by atoms with Gasteiger partial charge in [0.2, 0.25) is 0 Å². The molecule has 0 aromatic heterocycles. The van der Waals surface area contributed by atoms with Gasteiger partial charge in [-0.05, 0) is 39.7 Å². The summed E-state index contributed by atoms with van der Waals surface area (Å²) in [5.41, 5.74) is 0.842. The molecule has 1 fully saturated rings. The number of methoxy groups -OCH3 is 2. The summed E-state index contributed by atoms with van der Waals surface area (Å²) in [6.07, 6.45) is 1.86. The van der Waals surface area contributed by atoms with Gasteiger partial charge < -0.3 is 19.3 Å². The highest BCUT2D eigenvalue weighted by molar-refractivity contribution is 5.46. The lowest BCUT2D eigenvalue weighted by Gasteiger charge is -2.28. The number of aliphatic hydroxyl groups excluding tert-OH is 1. The first kappa shape index (κ1) is 19.0. The number of nitrogens with zero attached hydrogens (tertiary/aromatic N) is 1. The summed E-state index contributed by atoms with van der Waals surface area (Å²) in [7, 11) is 3.31. The molecule has 1 aromatic carbocycles. The highest BCUT2D eigenvalue weighted by Crippen LogP contribution is 2.34. The van der Waals surface area contributed by atoms with E-state index in [4.69, 9.17) is 14.2 Å². The topological polar surface area (TPSA) is 51.2 Å². The monoisotopic (exact) mass is 337 g/mol. The molecule has 1 aromatic rings. The molecule has 5 heteroatoms. The van der Waals surface area contributed by atoms with Gasteiger partial charge in [0.25, 0.3) is 0 Å². The molecule has 1 saturated carbocycles. The van der Waals surface area contributed by atoms with Crippen LogP contribution in [0.15, 0.2) is 18.2 Å². The van der Waals surface area contributed by atoms with E-state index in [2.05, 4.69) is 11.0 Å². The standard InChI is InChI=1S/C19H31NO4/c1-19(2,3)24-13-16(21)12-20(15-9-10-15)11-14-7-6-8-17(22-4)18(14)23-5/h6-8,15-16,21H,9-13H2,1-5H3/t16-/m1/s1. The van der Waals surface area contributed by atoms with Crippen LogP contribution in [0, 0.1) is 0 Å². The van der Waals surface area contributed by atoms with Gasteiger partial charge in [-0.25, -0.2) is 0 Å². The number of ether oxygens (including phenoxy) is 3. The van der Waals surface area contributed by atoms with E-state index < -0.39 is 6.10 Å². The molecule has 136 valence electrons. The molecule has 0 spiro atoms. The van der Waals surface area contributed by atoms with Gasteiger partial charge in [-0.3, -0.25) is 4.90 Å². The molecule has 0 heterocycles. The zero-order chi connectivity index (χ0) is 17.7. The first-order valence-electron chi connectivity index (χ1n) is 8.60. The van der Waals surface area contributed by atoms with Crippen LogP contribution in [0.4, 0.5) is 0 Å². The van der Waals surface area contributed by atoms with Crippen LogP contribution in [0.5, 0.6) is 11.5 Å². The Kier molecular flexibility index (Phi) is 6.49. The summed E-state index contributed by atoms with van der Waals surface area (Å²) in [5.74, 6) is 1.51. The molecule has 5 nitrogen and oxygen atoms in total. The van der Waals surface area contributed by atoms with Gasteiger partial charge in [0.1, 0.15) is 0 Å². The van der Waals surface area contributed by atoms with Gasteiger partial charge in [-0.2, -0.15) is 0 Å². The molecule has 0 aliphatic heterocycles. The zero-order valence-electron chi connectivity index (χ0n) is 15.5. The SMILES string of the molecule is COc1cccc(CN(C[C@@H](O)COC(C)(C)C)C2CC2)c1OC. The van der Waals surface area contributed by atoms with Crippen molar-refractivity contribution in [3.8, 4) is 11.5 Å². The van der Waals surface area contributed by atoms with Crippen molar-refractivity contribution in [1.29, 1.82) is 0 Å². The van der Waals surface area contributed by atoms with Crippen molar-refractivity contribution in [3.63, 3.8) is 0 Å². The number of para-hydroxylation sites is 1. The molecule has 0 radical (unpaired) electrons. The minimum atomic E-state index is -0.499. The largest absolute Gasteiger partial charge is 0.493 e. The lowest BCUT2D eigenvalue weighted by atomic mass is 10.1. The predicted octanol–water partition coefficient (Wildman–Crippen LogP) is 2.84. The third kappa shape index (κ3) is 5.65. The van der Waals surface area contributed by atoms with Crippen LogP contribution >= 0.6 is 0 Å². The summed E-state index contributed by atoms with van der Waals surface area (Å²) in [4.78, 5) is 2.31. The van der Waals surface area contributed by atoms with E-state index >= 15 is 0 Å². The summed E-state index contributed by atoms with van der Waals surface area (Å²) in [6, 6.07) is 6.45. The third-order valence-corrected chi connectivity index (χ3v) is 4.08. The molecule has 1 atom stereocenters. The Balaban J connectivity index is 2.02. The average Bonchev–Trinajstić information content (AvgIpc) is 3.36. The molecule has 1 aliphatic carbocycles. The highest BCUT2D eigenvalue weighted by Gasteiger charge is 2.31. The number of hydrogen-bond acceptors (Lipinski definition) is 5. The van der Waals surface area contributed by atoms with E-state index in [1.165, 1.54) is 12.8 Å². The fraction of sp³-hybridized carbons (Fsp3) is 0.684. The normalized spacial score (nSPS) is 16.3. The van der Waals surface area contributed by atoms with Gasteiger partial charge in [0.15, 0.2) is 11.5 Å². The van der Waals surface area contributed by atoms with Crippen LogP contribution in [-0.2, 0) is 11.3 Å². The summed E-state index contributed by atoms with van der Waals surface area (Å²) in [5, 5.41) is 10.3. The van der Waals surface area contributed by atoms with Crippen LogP contribution in [0.2, 0.25) is 0 Å². The molecule has 24 heavy (non-hydrogen) atoms. The molecule has 0 saturated heterocycles. The van der Waals surface area contributed by atoms with Crippen molar-refractivity contribution in [3.05, 3.63) is 23.8 Å². The van der Waals surface area contributed by atoms with Crippen LogP contribution in [0.25, 0.3) is 0 Å². The molecule has 2 rings (SSSR count). The average molecular weight is 337 g/mol. The number of hydrogen-bond donors (Lipinski definition) is 1. The van der Waals surface area contributed by atoms with E-state index in [0.29, 0.717) is 19.2 Å². The first-order valence-corrected chi connectivity index (χ1v) is 8.60. The number of aliphatic hydroxyl groups is 1. The maximum Gasteiger partial charge on any atom is 0.165 e. The van der Waals surface area contributed by atoms with Crippen molar-refractivity contribution in [1.82, 2.24) is 4.90 Å². The molecule has 0 unspecified atom stereocenters. The smallest absolute Gasteiger partial charge is 0.165 e. The van der Waals surface area contributed by atoms with Gasteiger partial charge in [0.05, 0.1) is 32.5 Å². The maximum atomic E-state index is 10.3. The lowest BCUT2D eigenvalue weighted by molar-refractivity contribution is -0.0573. The fourth-order valence-electron chi connectivity index (χ4n) is 2.75. The Hall–Kier alpha value is -1.30. The second kappa shape index (κ2) is 8.19. The number of rotatable bonds is 9. The van der Waals surface area contributed by atoms with Crippen LogP contribution in [0.3, 0.4) is 0 Å². The van der Waals surface area contributed by atoms with Crippen molar-refractivity contribution < 1.29 is 19.3 Å².